The zero-order chi connectivity index (χ0) is 16.7. The third-order valence-corrected chi connectivity index (χ3v) is 4.89. The molecule has 2 rings (SSSR count). The lowest BCUT2D eigenvalue weighted by atomic mass is 10.0. The molecule has 2 aromatic rings. The Labute approximate surface area is 124 Å². The lowest BCUT2D eigenvalue weighted by molar-refractivity contribution is 0.396. The Morgan fingerprint density at radius 3 is 1.82 bits per heavy atom. The van der Waals surface area contributed by atoms with E-state index in [1.165, 1.54) is 24.3 Å². The highest BCUT2D eigenvalue weighted by atomic mass is 32.2. The maximum atomic E-state index is 14.1. The molecule has 0 radical (unpaired) electrons. The number of rotatable bonds is 3. The standard InChI is InChI=1S/C14H11F4NO2S/c1-19(2)22(20,21)14-9(8-6-4-3-5-7-8)10(15)11(16)12(17)13(14)18/h3-7H,1-2H3. The van der Waals surface area contributed by atoms with Crippen molar-refractivity contribution in [2.24, 2.45) is 0 Å². The van der Waals surface area contributed by atoms with Crippen LogP contribution in [0.3, 0.4) is 0 Å². The molecule has 0 saturated heterocycles. The molecule has 3 nitrogen and oxygen atoms in total. The van der Waals surface area contributed by atoms with Crippen LogP contribution in [-0.4, -0.2) is 26.8 Å². The largest absolute Gasteiger partial charge is 0.246 e. The summed E-state index contributed by atoms with van der Waals surface area (Å²) in [6.07, 6.45) is 0. The van der Waals surface area contributed by atoms with Gasteiger partial charge in [-0.05, 0) is 5.56 Å². The fourth-order valence-electron chi connectivity index (χ4n) is 1.90. The maximum absolute atomic E-state index is 14.1. The summed E-state index contributed by atoms with van der Waals surface area (Å²) in [5, 5.41) is 0. The van der Waals surface area contributed by atoms with Crippen LogP contribution >= 0.6 is 0 Å². The summed E-state index contributed by atoms with van der Waals surface area (Å²) < 4.78 is 80.1. The monoisotopic (exact) mass is 333 g/mol. The van der Waals surface area contributed by atoms with Crippen LogP contribution in [0.4, 0.5) is 17.6 Å². The quantitative estimate of drug-likeness (QED) is 0.492. The average Bonchev–Trinajstić information content (AvgIpc) is 2.49. The van der Waals surface area contributed by atoms with Crippen molar-refractivity contribution in [1.82, 2.24) is 4.31 Å². The van der Waals surface area contributed by atoms with Crippen molar-refractivity contribution >= 4 is 10.0 Å². The van der Waals surface area contributed by atoms with E-state index in [2.05, 4.69) is 0 Å². The third-order valence-electron chi connectivity index (χ3n) is 3.03. The number of halogens is 4. The molecule has 0 bridgehead atoms. The molecular formula is C14H11F4NO2S. The van der Waals surface area contributed by atoms with E-state index < -0.39 is 43.8 Å². The van der Waals surface area contributed by atoms with Gasteiger partial charge >= 0.3 is 0 Å². The summed E-state index contributed by atoms with van der Waals surface area (Å²) in [5.74, 6) is -7.94. The van der Waals surface area contributed by atoms with E-state index in [4.69, 9.17) is 0 Å². The van der Waals surface area contributed by atoms with E-state index in [1.807, 2.05) is 0 Å². The minimum absolute atomic E-state index is 0.0850. The van der Waals surface area contributed by atoms with Gasteiger partial charge in [0.1, 0.15) is 4.90 Å². The van der Waals surface area contributed by atoms with Crippen LogP contribution in [0.5, 0.6) is 0 Å². The summed E-state index contributed by atoms with van der Waals surface area (Å²) in [6, 6.07) is 6.95. The lowest BCUT2D eigenvalue weighted by Gasteiger charge is -2.17. The molecule has 0 heterocycles. The first-order valence-electron chi connectivity index (χ1n) is 6.03. The fourth-order valence-corrected chi connectivity index (χ4v) is 3.05. The van der Waals surface area contributed by atoms with Crippen LogP contribution in [0.25, 0.3) is 11.1 Å². The summed E-state index contributed by atoms with van der Waals surface area (Å²) in [7, 11) is -2.39. The van der Waals surface area contributed by atoms with E-state index in [1.54, 1.807) is 6.07 Å². The van der Waals surface area contributed by atoms with Crippen LogP contribution in [0.15, 0.2) is 35.2 Å². The molecule has 0 N–H and O–H groups in total. The Bertz CT molecular complexity index is 821. The molecule has 8 heteroatoms. The van der Waals surface area contributed by atoms with E-state index in [9.17, 15) is 26.0 Å². The Kier molecular flexibility index (Phi) is 4.25. The van der Waals surface area contributed by atoms with Gasteiger partial charge in [0, 0.05) is 19.7 Å². The molecule has 0 aliphatic rings. The zero-order valence-electron chi connectivity index (χ0n) is 11.6. The summed E-state index contributed by atoms with van der Waals surface area (Å²) in [4.78, 5) is -1.24. The van der Waals surface area contributed by atoms with E-state index in [-0.39, 0.29) is 5.56 Å². The van der Waals surface area contributed by atoms with Crippen molar-refractivity contribution in [2.45, 2.75) is 4.90 Å². The maximum Gasteiger partial charge on any atom is 0.246 e. The van der Waals surface area contributed by atoms with Crippen molar-refractivity contribution in [3.05, 3.63) is 53.6 Å². The molecule has 0 aliphatic heterocycles. The molecule has 0 aliphatic carbocycles. The van der Waals surface area contributed by atoms with Gasteiger partial charge in [-0.2, -0.15) is 0 Å². The molecule has 0 saturated carbocycles. The first-order valence-corrected chi connectivity index (χ1v) is 7.47. The Morgan fingerprint density at radius 2 is 1.32 bits per heavy atom. The van der Waals surface area contributed by atoms with Gasteiger partial charge in [0.05, 0.1) is 0 Å². The number of sulfonamides is 1. The number of nitrogens with zero attached hydrogens (tertiary/aromatic N) is 1. The van der Waals surface area contributed by atoms with Gasteiger partial charge in [-0.15, -0.1) is 0 Å². The van der Waals surface area contributed by atoms with E-state index in [0.717, 1.165) is 14.1 Å². The Balaban J connectivity index is 3.00. The van der Waals surface area contributed by atoms with Crippen LogP contribution < -0.4 is 0 Å². The van der Waals surface area contributed by atoms with Crippen molar-refractivity contribution in [3.63, 3.8) is 0 Å². The van der Waals surface area contributed by atoms with Gasteiger partial charge in [-0.3, -0.25) is 0 Å². The summed E-state index contributed by atoms with van der Waals surface area (Å²) >= 11 is 0. The highest BCUT2D eigenvalue weighted by Crippen LogP contribution is 2.36. The zero-order valence-corrected chi connectivity index (χ0v) is 12.4. The highest BCUT2D eigenvalue weighted by Gasteiger charge is 2.34. The average molecular weight is 333 g/mol. The third kappa shape index (κ3) is 2.48. The Morgan fingerprint density at radius 1 is 0.818 bits per heavy atom. The molecule has 0 amide bonds. The van der Waals surface area contributed by atoms with Crippen molar-refractivity contribution in [1.29, 1.82) is 0 Å². The van der Waals surface area contributed by atoms with Gasteiger partial charge in [0.2, 0.25) is 10.0 Å². The van der Waals surface area contributed by atoms with Gasteiger partial charge in [0.25, 0.3) is 0 Å². The van der Waals surface area contributed by atoms with Crippen LogP contribution in [-0.2, 0) is 10.0 Å². The number of hydrogen-bond donors (Lipinski definition) is 0. The highest BCUT2D eigenvalue weighted by molar-refractivity contribution is 7.89. The molecule has 0 unspecified atom stereocenters. The summed E-state index contributed by atoms with van der Waals surface area (Å²) in [6.45, 7) is 0. The van der Waals surface area contributed by atoms with Crippen molar-refractivity contribution < 1.29 is 26.0 Å². The predicted molar refractivity (Wildman–Crippen MR) is 72.6 cm³/mol. The van der Waals surface area contributed by atoms with Crippen LogP contribution in [0, 0.1) is 23.3 Å². The first-order chi connectivity index (χ1) is 10.2. The molecule has 0 aromatic heterocycles. The first kappa shape index (κ1) is 16.4. The molecule has 0 fully saturated rings. The number of benzene rings is 2. The second-order valence-electron chi connectivity index (χ2n) is 4.61. The molecule has 22 heavy (non-hydrogen) atoms. The van der Waals surface area contributed by atoms with Gasteiger partial charge in [-0.25, -0.2) is 30.3 Å². The Hall–Kier alpha value is -1.93. The fraction of sp³-hybridized carbons (Fsp3) is 0.143. The second kappa shape index (κ2) is 5.69. The smallest absolute Gasteiger partial charge is 0.207 e. The number of hydrogen-bond acceptors (Lipinski definition) is 2. The van der Waals surface area contributed by atoms with E-state index in [0.29, 0.717) is 4.31 Å². The molecule has 118 valence electrons. The SMILES string of the molecule is CN(C)S(=O)(=O)c1c(F)c(F)c(F)c(F)c1-c1ccccc1. The molecule has 2 aromatic carbocycles. The molecule has 0 spiro atoms. The van der Waals surface area contributed by atoms with Gasteiger partial charge in [-0.1, -0.05) is 30.3 Å². The minimum atomic E-state index is -4.54. The van der Waals surface area contributed by atoms with Crippen molar-refractivity contribution in [2.75, 3.05) is 14.1 Å². The second-order valence-corrected chi connectivity index (χ2v) is 6.70. The van der Waals surface area contributed by atoms with E-state index >= 15 is 0 Å². The normalized spacial score (nSPS) is 12.0. The topological polar surface area (TPSA) is 37.4 Å². The van der Waals surface area contributed by atoms with Gasteiger partial charge < -0.3 is 0 Å². The predicted octanol–water partition coefficient (Wildman–Crippen LogP) is 3.16. The molecular weight excluding hydrogens is 322 g/mol. The summed E-state index contributed by atoms with van der Waals surface area (Å²) in [5.41, 5.74) is -0.927. The molecule has 0 atom stereocenters. The van der Waals surface area contributed by atoms with Gasteiger partial charge in [0.15, 0.2) is 23.3 Å². The van der Waals surface area contributed by atoms with Crippen LogP contribution in [0.1, 0.15) is 0 Å². The minimum Gasteiger partial charge on any atom is -0.207 e. The van der Waals surface area contributed by atoms with Crippen molar-refractivity contribution in [3.8, 4) is 11.1 Å². The lowest BCUT2D eigenvalue weighted by Crippen LogP contribution is -2.25. The van der Waals surface area contributed by atoms with Crippen LogP contribution in [0.2, 0.25) is 0 Å².